The van der Waals surface area contributed by atoms with Gasteiger partial charge >= 0.3 is 0 Å². The summed E-state index contributed by atoms with van der Waals surface area (Å²) in [5.74, 6) is 0.865. The number of hydrogen-bond acceptors (Lipinski definition) is 2. The van der Waals surface area contributed by atoms with Crippen molar-refractivity contribution in [2.45, 2.75) is 51.5 Å². The van der Waals surface area contributed by atoms with Gasteiger partial charge in [-0.3, -0.25) is 0 Å². The molecule has 110 valence electrons. The second kappa shape index (κ2) is 6.93. The predicted octanol–water partition coefficient (Wildman–Crippen LogP) is 4.09. The van der Waals surface area contributed by atoms with Crippen LogP contribution >= 0.6 is 12.2 Å². The lowest BCUT2D eigenvalue weighted by Gasteiger charge is -2.35. The summed E-state index contributed by atoms with van der Waals surface area (Å²) >= 11 is 5.43. The molecule has 4 heteroatoms. The van der Waals surface area contributed by atoms with Crippen molar-refractivity contribution < 1.29 is 4.74 Å². The maximum atomic E-state index is 5.49. The molecule has 0 aliphatic heterocycles. The van der Waals surface area contributed by atoms with Crippen LogP contribution in [0, 0.1) is 0 Å². The molecule has 0 aromatic heterocycles. The zero-order chi connectivity index (χ0) is 14.4. The highest BCUT2D eigenvalue weighted by Gasteiger charge is 2.27. The SMILES string of the molecule is CCOc1cccc(NC(=S)NC2(C)CCCCC2)c1. The summed E-state index contributed by atoms with van der Waals surface area (Å²) < 4.78 is 5.49. The van der Waals surface area contributed by atoms with Crippen LogP contribution in [-0.4, -0.2) is 17.3 Å². The molecule has 2 rings (SSSR count). The second-order valence-electron chi connectivity index (χ2n) is 5.66. The Hall–Kier alpha value is -1.29. The van der Waals surface area contributed by atoms with E-state index in [1.807, 2.05) is 31.2 Å². The van der Waals surface area contributed by atoms with E-state index in [-0.39, 0.29) is 5.54 Å². The van der Waals surface area contributed by atoms with Crippen molar-refractivity contribution in [3.8, 4) is 5.75 Å². The van der Waals surface area contributed by atoms with E-state index in [9.17, 15) is 0 Å². The third kappa shape index (κ3) is 4.37. The first-order chi connectivity index (χ1) is 9.61. The minimum Gasteiger partial charge on any atom is -0.494 e. The molecule has 1 aliphatic carbocycles. The molecule has 0 bridgehead atoms. The number of anilines is 1. The predicted molar refractivity (Wildman–Crippen MR) is 88.5 cm³/mol. The maximum absolute atomic E-state index is 5.49. The second-order valence-corrected chi connectivity index (χ2v) is 6.07. The standard InChI is InChI=1S/C16H24N2OS/c1-3-19-14-9-7-8-13(12-14)17-15(20)18-16(2)10-5-4-6-11-16/h7-9,12H,3-6,10-11H2,1-2H3,(H2,17,18,20). The Morgan fingerprint density at radius 1 is 1.30 bits per heavy atom. The van der Waals surface area contributed by atoms with Crippen LogP contribution in [0.2, 0.25) is 0 Å². The Balaban J connectivity index is 1.92. The van der Waals surface area contributed by atoms with Gasteiger partial charge in [-0.05, 0) is 51.0 Å². The number of rotatable bonds is 4. The monoisotopic (exact) mass is 292 g/mol. The van der Waals surface area contributed by atoms with E-state index < -0.39 is 0 Å². The molecule has 0 amide bonds. The summed E-state index contributed by atoms with van der Waals surface area (Å²) in [6.07, 6.45) is 6.29. The van der Waals surface area contributed by atoms with Crippen molar-refractivity contribution in [2.24, 2.45) is 0 Å². The zero-order valence-corrected chi connectivity index (χ0v) is 13.2. The highest BCUT2D eigenvalue weighted by atomic mass is 32.1. The number of thiocarbonyl (C=S) groups is 1. The van der Waals surface area contributed by atoms with Crippen LogP contribution < -0.4 is 15.4 Å². The Kier molecular flexibility index (Phi) is 5.24. The fraction of sp³-hybridized carbons (Fsp3) is 0.562. The minimum absolute atomic E-state index is 0.139. The summed E-state index contributed by atoms with van der Waals surface area (Å²) in [7, 11) is 0. The molecule has 0 atom stereocenters. The first kappa shape index (κ1) is 15.1. The number of nitrogens with one attached hydrogen (secondary N) is 2. The third-order valence-corrected chi connectivity index (χ3v) is 3.98. The van der Waals surface area contributed by atoms with E-state index in [4.69, 9.17) is 17.0 Å². The van der Waals surface area contributed by atoms with E-state index in [0.717, 1.165) is 11.4 Å². The Labute approximate surface area is 127 Å². The van der Waals surface area contributed by atoms with E-state index >= 15 is 0 Å². The van der Waals surface area contributed by atoms with Crippen molar-refractivity contribution in [3.05, 3.63) is 24.3 Å². The highest BCUT2D eigenvalue weighted by molar-refractivity contribution is 7.80. The molecule has 1 aromatic carbocycles. The fourth-order valence-corrected chi connectivity index (χ4v) is 3.09. The Bertz CT molecular complexity index is 456. The van der Waals surface area contributed by atoms with Gasteiger partial charge in [0.05, 0.1) is 6.61 Å². The average molecular weight is 292 g/mol. The van der Waals surface area contributed by atoms with E-state index in [0.29, 0.717) is 11.7 Å². The quantitative estimate of drug-likeness (QED) is 0.819. The highest BCUT2D eigenvalue weighted by Crippen LogP contribution is 2.27. The molecule has 20 heavy (non-hydrogen) atoms. The van der Waals surface area contributed by atoms with Crippen molar-refractivity contribution in [2.75, 3.05) is 11.9 Å². The topological polar surface area (TPSA) is 33.3 Å². The van der Waals surface area contributed by atoms with Crippen LogP contribution in [0.3, 0.4) is 0 Å². The molecule has 1 saturated carbocycles. The summed E-state index contributed by atoms with van der Waals surface area (Å²) in [4.78, 5) is 0. The molecule has 0 saturated heterocycles. The molecule has 0 spiro atoms. The molecular weight excluding hydrogens is 268 g/mol. The minimum atomic E-state index is 0.139. The average Bonchev–Trinajstić information content (AvgIpc) is 2.39. The normalized spacial score (nSPS) is 17.3. The summed E-state index contributed by atoms with van der Waals surface area (Å²) in [6, 6.07) is 7.90. The molecule has 1 aromatic rings. The van der Waals surface area contributed by atoms with Gasteiger partial charge in [-0.15, -0.1) is 0 Å². The van der Waals surface area contributed by atoms with Gasteiger partial charge in [-0.25, -0.2) is 0 Å². The van der Waals surface area contributed by atoms with Gasteiger partial charge < -0.3 is 15.4 Å². The van der Waals surface area contributed by atoms with Gasteiger partial charge in [0.25, 0.3) is 0 Å². The van der Waals surface area contributed by atoms with Gasteiger partial charge in [0.1, 0.15) is 5.75 Å². The summed E-state index contributed by atoms with van der Waals surface area (Å²) in [5.41, 5.74) is 1.10. The molecule has 0 radical (unpaired) electrons. The molecular formula is C16H24N2OS. The van der Waals surface area contributed by atoms with Crippen LogP contribution in [0.5, 0.6) is 5.75 Å². The van der Waals surface area contributed by atoms with Gasteiger partial charge in [0.15, 0.2) is 5.11 Å². The lowest BCUT2D eigenvalue weighted by atomic mass is 9.83. The van der Waals surface area contributed by atoms with E-state index in [2.05, 4.69) is 17.6 Å². The van der Waals surface area contributed by atoms with Crippen LogP contribution in [0.15, 0.2) is 24.3 Å². The van der Waals surface area contributed by atoms with Gasteiger partial charge in [-0.1, -0.05) is 25.3 Å². The molecule has 0 heterocycles. The molecule has 3 nitrogen and oxygen atoms in total. The van der Waals surface area contributed by atoms with Gasteiger partial charge in [0, 0.05) is 17.3 Å². The van der Waals surface area contributed by atoms with Crippen molar-refractivity contribution >= 4 is 23.0 Å². The van der Waals surface area contributed by atoms with Crippen LogP contribution in [0.1, 0.15) is 46.0 Å². The number of hydrogen-bond donors (Lipinski definition) is 2. The first-order valence-corrected chi connectivity index (χ1v) is 7.84. The number of benzene rings is 1. The first-order valence-electron chi connectivity index (χ1n) is 7.43. The van der Waals surface area contributed by atoms with E-state index in [1.165, 1.54) is 32.1 Å². The van der Waals surface area contributed by atoms with Crippen molar-refractivity contribution in [1.29, 1.82) is 0 Å². The molecule has 1 fully saturated rings. The van der Waals surface area contributed by atoms with Crippen LogP contribution in [0.25, 0.3) is 0 Å². The Morgan fingerprint density at radius 2 is 2.05 bits per heavy atom. The van der Waals surface area contributed by atoms with Crippen LogP contribution in [0.4, 0.5) is 5.69 Å². The van der Waals surface area contributed by atoms with Gasteiger partial charge in [0.2, 0.25) is 0 Å². The third-order valence-electron chi connectivity index (χ3n) is 3.78. The number of ether oxygens (including phenoxy) is 1. The molecule has 1 aliphatic rings. The van der Waals surface area contributed by atoms with Crippen LogP contribution in [-0.2, 0) is 0 Å². The van der Waals surface area contributed by atoms with Crippen molar-refractivity contribution in [3.63, 3.8) is 0 Å². The van der Waals surface area contributed by atoms with Crippen molar-refractivity contribution in [1.82, 2.24) is 5.32 Å². The summed E-state index contributed by atoms with van der Waals surface area (Å²) in [6.45, 7) is 4.91. The maximum Gasteiger partial charge on any atom is 0.171 e. The lowest BCUT2D eigenvalue weighted by molar-refractivity contribution is 0.292. The fourth-order valence-electron chi connectivity index (χ4n) is 2.72. The molecule has 2 N–H and O–H groups in total. The van der Waals surface area contributed by atoms with Gasteiger partial charge in [-0.2, -0.15) is 0 Å². The van der Waals surface area contributed by atoms with E-state index in [1.54, 1.807) is 0 Å². The zero-order valence-electron chi connectivity index (χ0n) is 12.4. The largest absolute Gasteiger partial charge is 0.494 e. The summed E-state index contributed by atoms with van der Waals surface area (Å²) in [5, 5.41) is 7.43. The lowest BCUT2D eigenvalue weighted by Crippen LogP contribution is -2.48. The Morgan fingerprint density at radius 3 is 2.75 bits per heavy atom. The molecule has 0 unspecified atom stereocenters. The smallest absolute Gasteiger partial charge is 0.171 e.